The van der Waals surface area contributed by atoms with Crippen molar-refractivity contribution in [2.75, 3.05) is 13.1 Å². The number of carbonyl (C=O) groups is 1. The van der Waals surface area contributed by atoms with E-state index in [1.165, 1.54) is 18.2 Å². The summed E-state index contributed by atoms with van der Waals surface area (Å²) in [5, 5.41) is 9.57. The van der Waals surface area contributed by atoms with Crippen molar-refractivity contribution < 1.29 is 14.3 Å². The predicted molar refractivity (Wildman–Crippen MR) is 67.0 cm³/mol. The first-order chi connectivity index (χ1) is 8.47. The van der Waals surface area contributed by atoms with Crippen molar-refractivity contribution in [3.8, 4) is 0 Å². The fraction of sp³-hybridized carbons (Fsp3) is 0.462. The monoisotopic (exact) mass is 271 g/mol. The van der Waals surface area contributed by atoms with Crippen LogP contribution in [0.1, 0.15) is 12.5 Å². The summed E-state index contributed by atoms with van der Waals surface area (Å²) in [5.41, 5.74) is 0.704. The van der Waals surface area contributed by atoms with E-state index >= 15 is 0 Å². The highest BCUT2D eigenvalue weighted by Crippen LogP contribution is 2.26. The third kappa shape index (κ3) is 2.82. The summed E-state index contributed by atoms with van der Waals surface area (Å²) in [5.74, 6) is -1.33. The van der Waals surface area contributed by atoms with Crippen molar-refractivity contribution in [2.24, 2.45) is 11.8 Å². The molecule has 1 aromatic carbocycles. The van der Waals surface area contributed by atoms with E-state index < -0.39 is 5.97 Å². The van der Waals surface area contributed by atoms with Crippen LogP contribution in [0.3, 0.4) is 0 Å². The molecule has 1 aliphatic rings. The van der Waals surface area contributed by atoms with Crippen LogP contribution in [0.4, 0.5) is 4.39 Å². The van der Waals surface area contributed by atoms with Gasteiger partial charge in [-0.3, -0.25) is 9.69 Å². The highest BCUT2D eigenvalue weighted by atomic mass is 35.5. The van der Waals surface area contributed by atoms with Crippen LogP contribution >= 0.6 is 11.6 Å². The average Bonchev–Trinajstić information content (AvgIpc) is 2.65. The second-order valence-corrected chi connectivity index (χ2v) is 5.26. The number of benzene rings is 1. The van der Waals surface area contributed by atoms with E-state index in [2.05, 4.69) is 0 Å². The second kappa shape index (κ2) is 5.24. The maximum absolute atomic E-state index is 13.1. The van der Waals surface area contributed by atoms with Crippen molar-refractivity contribution in [3.63, 3.8) is 0 Å². The van der Waals surface area contributed by atoms with Gasteiger partial charge in [0.1, 0.15) is 5.82 Å². The summed E-state index contributed by atoms with van der Waals surface area (Å²) in [6, 6.07) is 4.25. The first-order valence-corrected chi connectivity index (χ1v) is 6.24. The van der Waals surface area contributed by atoms with Crippen LogP contribution in [0.5, 0.6) is 0 Å². The second-order valence-electron chi connectivity index (χ2n) is 4.85. The van der Waals surface area contributed by atoms with Crippen molar-refractivity contribution in [2.45, 2.75) is 13.5 Å². The number of likely N-dealkylation sites (tertiary alicyclic amines) is 1. The molecule has 2 rings (SSSR count). The molecule has 2 atom stereocenters. The molecule has 3 nitrogen and oxygen atoms in total. The molecule has 1 N–H and O–H groups in total. The molecule has 0 unspecified atom stereocenters. The molecule has 0 aliphatic carbocycles. The average molecular weight is 272 g/mol. The maximum Gasteiger partial charge on any atom is 0.308 e. The summed E-state index contributed by atoms with van der Waals surface area (Å²) in [6.07, 6.45) is 0. The first kappa shape index (κ1) is 13.3. The van der Waals surface area contributed by atoms with Crippen molar-refractivity contribution in [1.29, 1.82) is 0 Å². The quantitative estimate of drug-likeness (QED) is 0.919. The third-order valence-corrected chi connectivity index (χ3v) is 3.78. The molecule has 1 saturated heterocycles. The summed E-state index contributed by atoms with van der Waals surface area (Å²) < 4.78 is 13.1. The van der Waals surface area contributed by atoms with Crippen LogP contribution in [0.15, 0.2) is 18.2 Å². The van der Waals surface area contributed by atoms with Gasteiger partial charge in [-0.05, 0) is 29.7 Å². The fourth-order valence-corrected chi connectivity index (χ4v) is 2.60. The molecule has 0 aromatic heterocycles. The van der Waals surface area contributed by atoms with Gasteiger partial charge in [-0.25, -0.2) is 4.39 Å². The Balaban J connectivity index is 2.07. The van der Waals surface area contributed by atoms with Crippen LogP contribution in [0.2, 0.25) is 5.02 Å². The zero-order valence-electron chi connectivity index (χ0n) is 10.1. The number of hydrogen-bond donors (Lipinski definition) is 1. The molecule has 0 bridgehead atoms. The maximum atomic E-state index is 13.1. The molecule has 0 saturated carbocycles. The Bertz CT molecular complexity index is 466. The van der Waals surface area contributed by atoms with E-state index in [0.717, 1.165) is 0 Å². The Morgan fingerprint density at radius 3 is 2.89 bits per heavy atom. The minimum atomic E-state index is -0.768. The molecule has 98 valence electrons. The number of aliphatic carboxylic acids is 1. The van der Waals surface area contributed by atoms with E-state index in [-0.39, 0.29) is 17.7 Å². The largest absolute Gasteiger partial charge is 0.481 e. The molecule has 1 aromatic rings. The molecule has 0 radical (unpaired) electrons. The minimum absolute atomic E-state index is 0.106. The Morgan fingerprint density at radius 1 is 1.56 bits per heavy atom. The Labute approximate surface area is 110 Å². The molecule has 0 amide bonds. The lowest BCUT2D eigenvalue weighted by molar-refractivity contribution is -0.142. The van der Waals surface area contributed by atoms with Crippen LogP contribution in [-0.4, -0.2) is 29.1 Å². The Hall–Kier alpha value is -1.13. The molecule has 1 aliphatic heterocycles. The smallest absolute Gasteiger partial charge is 0.308 e. The van der Waals surface area contributed by atoms with Crippen LogP contribution < -0.4 is 0 Å². The number of hydrogen-bond acceptors (Lipinski definition) is 2. The van der Waals surface area contributed by atoms with Gasteiger partial charge >= 0.3 is 5.97 Å². The fourth-order valence-electron chi connectivity index (χ4n) is 2.42. The van der Waals surface area contributed by atoms with Gasteiger partial charge in [0.05, 0.1) is 5.92 Å². The van der Waals surface area contributed by atoms with E-state index in [1.807, 2.05) is 11.8 Å². The lowest BCUT2D eigenvalue weighted by Crippen LogP contribution is -2.23. The molecule has 18 heavy (non-hydrogen) atoms. The van der Waals surface area contributed by atoms with E-state index in [1.54, 1.807) is 0 Å². The van der Waals surface area contributed by atoms with Gasteiger partial charge in [0.15, 0.2) is 0 Å². The lowest BCUT2D eigenvalue weighted by Gasteiger charge is -2.16. The molecule has 1 heterocycles. The van der Waals surface area contributed by atoms with Crippen molar-refractivity contribution >= 4 is 17.6 Å². The van der Waals surface area contributed by atoms with Gasteiger partial charge in [-0.15, -0.1) is 0 Å². The summed E-state index contributed by atoms with van der Waals surface area (Å²) in [6.45, 7) is 3.60. The molecule has 5 heteroatoms. The summed E-state index contributed by atoms with van der Waals surface area (Å²) >= 11 is 6.00. The number of carboxylic acid groups (broad SMARTS) is 1. The first-order valence-electron chi connectivity index (χ1n) is 5.86. The molecule has 0 spiro atoms. The van der Waals surface area contributed by atoms with E-state index in [0.29, 0.717) is 30.2 Å². The van der Waals surface area contributed by atoms with E-state index in [4.69, 9.17) is 16.7 Å². The summed E-state index contributed by atoms with van der Waals surface area (Å²) in [4.78, 5) is 13.0. The normalized spacial score (nSPS) is 24.4. The third-order valence-electron chi connectivity index (χ3n) is 3.41. The zero-order chi connectivity index (χ0) is 13.3. The van der Waals surface area contributed by atoms with Gasteiger partial charge in [0.2, 0.25) is 0 Å². The van der Waals surface area contributed by atoms with Crippen molar-refractivity contribution in [3.05, 3.63) is 34.6 Å². The SMILES string of the molecule is C[C@@H]1CN(Cc2cc(F)ccc2Cl)C[C@H]1C(=O)O. The highest BCUT2D eigenvalue weighted by Gasteiger charge is 2.34. The van der Waals surface area contributed by atoms with E-state index in [9.17, 15) is 9.18 Å². The molecular formula is C13H15ClFNO2. The van der Waals surface area contributed by atoms with Crippen LogP contribution in [0, 0.1) is 17.7 Å². The predicted octanol–water partition coefficient (Wildman–Crippen LogP) is 2.63. The number of halogens is 2. The number of rotatable bonds is 3. The Morgan fingerprint density at radius 2 is 2.28 bits per heavy atom. The zero-order valence-corrected chi connectivity index (χ0v) is 10.8. The Kier molecular flexibility index (Phi) is 3.88. The van der Waals surface area contributed by atoms with Crippen LogP contribution in [-0.2, 0) is 11.3 Å². The van der Waals surface area contributed by atoms with Gasteiger partial charge in [-0.2, -0.15) is 0 Å². The lowest BCUT2D eigenvalue weighted by atomic mass is 9.99. The van der Waals surface area contributed by atoms with Gasteiger partial charge in [-0.1, -0.05) is 18.5 Å². The highest BCUT2D eigenvalue weighted by molar-refractivity contribution is 6.31. The topological polar surface area (TPSA) is 40.5 Å². The molecule has 1 fully saturated rings. The van der Waals surface area contributed by atoms with Gasteiger partial charge in [0.25, 0.3) is 0 Å². The van der Waals surface area contributed by atoms with Crippen molar-refractivity contribution in [1.82, 2.24) is 4.90 Å². The molecular weight excluding hydrogens is 257 g/mol. The number of nitrogens with zero attached hydrogens (tertiary/aromatic N) is 1. The number of carboxylic acids is 1. The van der Waals surface area contributed by atoms with Gasteiger partial charge in [0, 0.05) is 24.7 Å². The summed E-state index contributed by atoms with van der Waals surface area (Å²) in [7, 11) is 0. The minimum Gasteiger partial charge on any atom is -0.481 e. The van der Waals surface area contributed by atoms with Gasteiger partial charge < -0.3 is 5.11 Å². The van der Waals surface area contributed by atoms with Crippen LogP contribution in [0.25, 0.3) is 0 Å². The standard InChI is InChI=1S/C13H15ClFNO2/c1-8-5-16(7-11(8)13(17)18)6-9-4-10(15)2-3-12(9)14/h2-4,8,11H,5-7H2,1H3,(H,17,18)/t8-,11-/m1/s1.